The molecule has 0 aromatic carbocycles. The third-order valence-corrected chi connectivity index (χ3v) is 6.21. The van der Waals surface area contributed by atoms with E-state index in [0.717, 1.165) is 45.4 Å². The fourth-order valence-corrected chi connectivity index (χ4v) is 4.61. The van der Waals surface area contributed by atoms with E-state index >= 15 is 0 Å². The number of hydrogen-bond acceptors (Lipinski definition) is 5. The molecule has 0 aliphatic carbocycles. The van der Waals surface area contributed by atoms with Crippen molar-refractivity contribution in [1.82, 2.24) is 19.7 Å². The number of amides is 2. The predicted octanol–water partition coefficient (Wildman–Crippen LogP) is 1.07. The number of methoxy groups -OCH3 is 1. The number of rotatable bonds is 5. The molecule has 4 rings (SSSR count). The van der Waals surface area contributed by atoms with E-state index < -0.39 is 0 Å². The van der Waals surface area contributed by atoms with Crippen LogP contribution in [-0.4, -0.2) is 83.5 Å². The fraction of sp³-hybridized carbons (Fsp3) is 0.650. The lowest BCUT2D eigenvalue weighted by Gasteiger charge is -2.53. The van der Waals surface area contributed by atoms with Crippen molar-refractivity contribution in [2.75, 3.05) is 39.8 Å². The fourth-order valence-electron chi connectivity index (χ4n) is 4.61. The predicted molar refractivity (Wildman–Crippen MR) is 99.9 cm³/mol. The van der Waals surface area contributed by atoms with Gasteiger partial charge in [0.15, 0.2) is 0 Å². The molecule has 0 unspecified atom stereocenters. The minimum atomic E-state index is 0.0888. The van der Waals surface area contributed by atoms with Crippen molar-refractivity contribution in [2.45, 2.75) is 43.9 Å². The largest absolute Gasteiger partial charge is 0.378 e. The van der Waals surface area contributed by atoms with Crippen molar-refractivity contribution in [2.24, 2.45) is 0 Å². The summed E-state index contributed by atoms with van der Waals surface area (Å²) in [7, 11) is 1.77. The summed E-state index contributed by atoms with van der Waals surface area (Å²) in [4.78, 5) is 34.7. The van der Waals surface area contributed by atoms with Crippen LogP contribution in [0.4, 0.5) is 0 Å². The van der Waals surface area contributed by atoms with Gasteiger partial charge in [0.1, 0.15) is 0 Å². The molecule has 0 radical (unpaired) electrons. The standard InChI is InChI=1S/C20H28N4O3/c1-27-17-13-24(20(17)15-4-2-8-21-12-15)16-6-10-22(11-7-16)19(26)14-23-9-3-5-18(23)25/h2,4,8,12,16-17,20H,3,5-7,9-11,13-14H2,1H3/t17-,20-/m0/s1. The van der Waals surface area contributed by atoms with Crippen molar-refractivity contribution in [3.05, 3.63) is 30.1 Å². The number of carbonyl (C=O) groups excluding carboxylic acids is 2. The zero-order valence-corrected chi connectivity index (χ0v) is 15.9. The van der Waals surface area contributed by atoms with Crippen LogP contribution in [0.2, 0.25) is 0 Å². The maximum absolute atomic E-state index is 12.5. The van der Waals surface area contributed by atoms with E-state index in [2.05, 4.69) is 16.0 Å². The van der Waals surface area contributed by atoms with Gasteiger partial charge in [-0.25, -0.2) is 0 Å². The maximum atomic E-state index is 12.5. The van der Waals surface area contributed by atoms with Gasteiger partial charge >= 0.3 is 0 Å². The van der Waals surface area contributed by atoms with E-state index in [-0.39, 0.29) is 30.5 Å². The van der Waals surface area contributed by atoms with Crippen LogP contribution >= 0.6 is 0 Å². The number of piperidine rings is 1. The molecular formula is C20H28N4O3. The summed E-state index contributed by atoms with van der Waals surface area (Å²) in [6.07, 6.45) is 7.31. The Labute approximate surface area is 160 Å². The van der Waals surface area contributed by atoms with Crippen molar-refractivity contribution in [1.29, 1.82) is 0 Å². The molecule has 2 atom stereocenters. The number of carbonyl (C=O) groups is 2. The first-order chi connectivity index (χ1) is 13.2. The van der Waals surface area contributed by atoms with Crippen LogP contribution in [0.5, 0.6) is 0 Å². The Morgan fingerprint density at radius 1 is 1.30 bits per heavy atom. The van der Waals surface area contributed by atoms with E-state index in [1.54, 1.807) is 18.2 Å². The average molecular weight is 372 g/mol. The molecule has 1 aromatic heterocycles. The molecule has 0 saturated carbocycles. The van der Waals surface area contributed by atoms with Gasteiger partial charge in [0.2, 0.25) is 11.8 Å². The van der Waals surface area contributed by atoms with Crippen LogP contribution in [-0.2, 0) is 14.3 Å². The summed E-state index contributed by atoms with van der Waals surface area (Å²) >= 11 is 0. The molecule has 0 N–H and O–H groups in total. The molecule has 3 saturated heterocycles. The van der Waals surface area contributed by atoms with Gasteiger partial charge in [-0.15, -0.1) is 0 Å². The van der Waals surface area contributed by atoms with Crippen LogP contribution in [0.15, 0.2) is 24.5 Å². The lowest BCUT2D eigenvalue weighted by molar-refractivity contribution is -0.142. The first-order valence-electron chi connectivity index (χ1n) is 9.91. The molecule has 1 aromatic rings. The third kappa shape index (κ3) is 3.71. The molecular weight excluding hydrogens is 344 g/mol. The van der Waals surface area contributed by atoms with Gasteiger partial charge < -0.3 is 14.5 Å². The van der Waals surface area contributed by atoms with Gasteiger partial charge in [0, 0.05) is 58.1 Å². The second-order valence-corrected chi connectivity index (χ2v) is 7.73. The first-order valence-corrected chi connectivity index (χ1v) is 9.91. The Morgan fingerprint density at radius 2 is 2.11 bits per heavy atom. The van der Waals surface area contributed by atoms with E-state index in [4.69, 9.17) is 4.74 Å². The average Bonchev–Trinajstić information content (AvgIpc) is 3.07. The van der Waals surface area contributed by atoms with Crippen LogP contribution in [0.25, 0.3) is 0 Å². The molecule has 3 aliphatic heterocycles. The van der Waals surface area contributed by atoms with E-state index in [0.29, 0.717) is 12.5 Å². The molecule has 27 heavy (non-hydrogen) atoms. The highest BCUT2D eigenvalue weighted by Crippen LogP contribution is 2.39. The van der Waals surface area contributed by atoms with E-state index in [1.165, 1.54) is 5.56 Å². The third-order valence-electron chi connectivity index (χ3n) is 6.21. The Hall–Kier alpha value is -1.99. The summed E-state index contributed by atoms with van der Waals surface area (Å²) in [5.41, 5.74) is 1.20. The van der Waals surface area contributed by atoms with E-state index in [9.17, 15) is 9.59 Å². The van der Waals surface area contributed by atoms with Gasteiger partial charge in [0.25, 0.3) is 0 Å². The van der Waals surface area contributed by atoms with Crippen LogP contribution in [0, 0.1) is 0 Å². The highest BCUT2D eigenvalue weighted by atomic mass is 16.5. The van der Waals surface area contributed by atoms with Crippen molar-refractivity contribution >= 4 is 11.8 Å². The highest BCUT2D eigenvalue weighted by Gasteiger charge is 2.44. The molecule has 3 fully saturated rings. The zero-order chi connectivity index (χ0) is 18.8. The minimum Gasteiger partial charge on any atom is -0.378 e. The van der Waals surface area contributed by atoms with Crippen LogP contribution in [0.1, 0.15) is 37.3 Å². The maximum Gasteiger partial charge on any atom is 0.242 e. The number of likely N-dealkylation sites (tertiary alicyclic amines) is 3. The van der Waals surface area contributed by atoms with Crippen LogP contribution < -0.4 is 0 Å². The lowest BCUT2D eigenvalue weighted by atomic mass is 9.87. The molecule has 7 nitrogen and oxygen atoms in total. The second kappa shape index (κ2) is 7.94. The van der Waals surface area contributed by atoms with Crippen molar-refractivity contribution in [3.63, 3.8) is 0 Å². The van der Waals surface area contributed by atoms with E-state index in [1.807, 2.05) is 17.2 Å². The number of aromatic nitrogens is 1. The molecule has 7 heteroatoms. The number of ether oxygens (including phenoxy) is 1. The summed E-state index contributed by atoms with van der Waals surface area (Å²) < 4.78 is 5.65. The number of nitrogens with zero attached hydrogens (tertiary/aromatic N) is 4. The van der Waals surface area contributed by atoms with Gasteiger partial charge in [-0.05, 0) is 30.9 Å². The highest BCUT2D eigenvalue weighted by molar-refractivity contribution is 5.85. The van der Waals surface area contributed by atoms with Crippen molar-refractivity contribution in [3.8, 4) is 0 Å². The molecule has 2 amide bonds. The Bertz CT molecular complexity index is 675. The Morgan fingerprint density at radius 3 is 2.74 bits per heavy atom. The van der Waals surface area contributed by atoms with Gasteiger partial charge in [-0.1, -0.05) is 6.07 Å². The topological polar surface area (TPSA) is 66.0 Å². The molecule has 146 valence electrons. The molecule has 4 heterocycles. The lowest BCUT2D eigenvalue weighted by Crippen LogP contribution is -2.60. The molecule has 0 bridgehead atoms. The van der Waals surface area contributed by atoms with Gasteiger partial charge in [0.05, 0.1) is 18.7 Å². The van der Waals surface area contributed by atoms with Crippen LogP contribution in [0.3, 0.4) is 0 Å². The summed E-state index contributed by atoms with van der Waals surface area (Å²) in [5, 5.41) is 0. The summed E-state index contributed by atoms with van der Waals surface area (Å²) in [5.74, 6) is 0.203. The SMILES string of the molecule is CO[C@H]1CN(C2CCN(C(=O)CN3CCCC3=O)CC2)[C@H]1c1cccnc1. The second-order valence-electron chi connectivity index (χ2n) is 7.73. The zero-order valence-electron chi connectivity index (χ0n) is 15.9. The molecule has 0 spiro atoms. The smallest absolute Gasteiger partial charge is 0.242 e. The Kier molecular flexibility index (Phi) is 5.41. The summed E-state index contributed by atoms with van der Waals surface area (Å²) in [6, 6.07) is 4.79. The number of pyridine rings is 1. The van der Waals surface area contributed by atoms with Gasteiger partial charge in [-0.3, -0.25) is 19.5 Å². The first kappa shape index (κ1) is 18.4. The monoisotopic (exact) mass is 372 g/mol. The van der Waals surface area contributed by atoms with Gasteiger partial charge in [-0.2, -0.15) is 0 Å². The summed E-state index contributed by atoms with van der Waals surface area (Å²) in [6.45, 7) is 3.42. The molecule has 3 aliphatic rings. The van der Waals surface area contributed by atoms with Crippen molar-refractivity contribution < 1.29 is 14.3 Å². The minimum absolute atomic E-state index is 0.0888. The normalized spacial score (nSPS) is 27.1. The Balaban J connectivity index is 1.32. The quantitative estimate of drug-likeness (QED) is 0.773. The number of hydrogen-bond donors (Lipinski definition) is 0.